The van der Waals surface area contributed by atoms with Gasteiger partial charge in [-0.2, -0.15) is 0 Å². The molecule has 0 N–H and O–H groups in total. The molecule has 1 aliphatic heterocycles. The lowest BCUT2D eigenvalue weighted by Crippen LogP contribution is -2.28. The lowest BCUT2D eigenvalue weighted by Gasteiger charge is -2.25. The summed E-state index contributed by atoms with van der Waals surface area (Å²) in [6.45, 7) is 10.5. The Kier molecular flexibility index (Phi) is 2.99. The number of hydrogen-bond acceptors (Lipinski definition) is 2. The van der Waals surface area contributed by atoms with E-state index in [0.29, 0.717) is 17.8 Å². The summed E-state index contributed by atoms with van der Waals surface area (Å²) in [4.78, 5) is 11.4. The largest absolute Gasteiger partial charge is 0.462 e. The van der Waals surface area contributed by atoms with Crippen LogP contribution in [-0.4, -0.2) is 12.1 Å². The minimum Gasteiger partial charge on any atom is -0.462 e. The van der Waals surface area contributed by atoms with Gasteiger partial charge in [-0.3, -0.25) is 4.79 Å². The van der Waals surface area contributed by atoms with E-state index >= 15 is 0 Å². The van der Waals surface area contributed by atoms with Gasteiger partial charge in [0.05, 0.1) is 5.92 Å². The second kappa shape index (κ2) is 3.69. The first-order chi connectivity index (χ1) is 5.95. The van der Waals surface area contributed by atoms with E-state index in [0.717, 1.165) is 0 Å². The Hall–Kier alpha value is -0.530. The molecule has 0 amide bonds. The second-order valence-electron chi connectivity index (χ2n) is 4.76. The Morgan fingerprint density at radius 3 is 2.00 bits per heavy atom. The smallest absolute Gasteiger partial charge is 0.309 e. The van der Waals surface area contributed by atoms with Gasteiger partial charge in [-0.15, -0.1) is 0 Å². The molecule has 1 rings (SSSR count). The Morgan fingerprint density at radius 2 is 1.69 bits per heavy atom. The van der Waals surface area contributed by atoms with Crippen molar-refractivity contribution in [3.63, 3.8) is 0 Å². The third-order valence-corrected chi connectivity index (χ3v) is 3.01. The normalized spacial score (nSPS) is 34.4. The van der Waals surface area contributed by atoms with E-state index in [2.05, 4.69) is 27.7 Å². The summed E-state index contributed by atoms with van der Waals surface area (Å²) in [7, 11) is 0. The van der Waals surface area contributed by atoms with Crippen LogP contribution in [0.1, 0.15) is 34.6 Å². The number of carbonyl (C=O) groups excluding carboxylic acids is 1. The van der Waals surface area contributed by atoms with Gasteiger partial charge in [0.25, 0.3) is 0 Å². The van der Waals surface area contributed by atoms with Crippen molar-refractivity contribution in [2.75, 3.05) is 0 Å². The number of esters is 1. The molecule has 2 heteroatoms. The molecule has 0 saturated carbocycles. The van der Waals surface area contributed by atoms with Gasteiger partial charge in [-0.25, -0.2) is 0 Å². The van der Waals surface area contributed by atoms with Crippen LogP contribution in [0.15, 0.2) is 0 Å². The lowest BCUT2D eigenvalue weighted by molar-refractivity contribution is -0.145. The van der Waals surface area contributed by atoms with Crippen molar-refractivity contribution in [1.82, 2.24) is 0 Å². The Balaban J connectivity index is 2.80. The van der Waals surface area contributed by atoms with E-state index in [9.17, 15) is 4.79 Å². The zero-order valence-electron chi connectivity index (χ0n) is 9.20. The van der Waals surface area contributed by atoms with Crippen molar-refractivity contribution in [2.45, 2.75) is 40.7 Å². The van der Waals surface area contributed by atoms with Gasteiger partial charge in [0.15, 0.2) is 0 Å². The third kappa shape index (κ3) is 1.87. The van der Waals surface area contributed by atoms with Gasteiger partial charge in [-0.1, -0.05) is 34.6 Å². The lowest BCUT2D eigenvalue weighted by atomic mass is 9.79. The number of rotatable bonds is 2. The standard InChI is InChI=1S/C11H20O2/c1-6(2)9-8(5)11(12)13-10(9)7(3)4/h6-10H,1-5H3/t8-,9-,10-/m1/s1. The van der Waals surface area contributed by atoms with Crippen LogP contribution in [0, 0.1) is 23.7 Å². The highest BCUT2D eigenvalue weighted by Crippen LogP contribution is 2.37. The second-order valence-corrected chi connectivity index (χ2v) is 4.76. The average molecular weight is 184 g/mol. The van der Waals surface area contributed by atoms with E-state index in [-0.39, 0.29) is 18.0 Å². The van der Waals surface area contributed by atoms with E-state index in [1.807, 2.05) is 6.92 Å². The van der Waals surface area contributed by atoms with E-state index in [4.69, 9.17) is 4.74 Å². The Labute approximate surface area is 80.7 Å². The van der Waals surface area contributed by atoms with Crippen LogP contribution in [0.4, 0.5) is 0 Å². The van der Waals surface area contributed by atoms with Gasteiger partial charge in [0.1, 0.15) is 6.10 Å². The highest BCUT2D eigenvalue weighted by Gasteiger charge is 2.44. The maximum atomic E-state index is 11.4. The fourth-order valence-electron chi connectivity index (χ4n) is 2.30. The predicted octanol–water partition coefficient (Wildman–Crippen LogP) is 2.48. The van der Waals surface area contributed by atoms with Crippen LogP contribution in [0.2, 0.25) is 0 Å². The molecule has 3 atom stereocenters. The van der Waals surface area contributed by atoms with Crippen LogP contribution in [0.25, 0.3) is 0 Å². The molecule has 1 fully saturated rings. The average Bonchev–Trinajstić information content (AvgIpc) is 2.28. The summed E-state index contributed by atoms with van der Waals surface area (Å²) >= 11 is 0. The molecule has 13 heavy (non-hydrogen) atoms. The summed E-state index contributed by atoms with van der Waals surface area (Å²) in [6.07, 6.45) is 0.127. The van der Waals surface area contributed by atoms with Crippen molar-refractivity contribution < 1.29 is 9.53 Å². The number of carbonyl (C=O) groups is 1. The maximum absolute atomic E-state index is 11.4. The Bertz CT molecular complexity index is 196. The minimum atomic E-state index is -0.0163. The van der Waals surface area contributed by atoms with Crippen LogP contribution in [0.5, 0.6) is 0 Å². The molecule has 1 saturated heterocycles. The molecular weight excluding hydrogens is 164 g/mol. The molecular formula is C11H20O2. The fourth-order valence-corrected chi connectivity index (χ4v) is 2.30. The zero-order chi connectivity index (χ0) is 10.2. The molecule has 1 aliphatic rings. The fraction of sp³-hybridized carbons (Fsp3) is 0.909. The highest BCUT2D eigenvalue weighted by atomic mass is 16.6. The van der Waals surface area contributed by atoms with Crippen molar-refractivity contribution >= 4 is 5.97 Å². The molecule has 76 valence electrons. The van der Waals surface area contributed by atoms with Crippen molar-refractivity contribution in [2.24, 2.45) is 23.7 Å². The number of ether oxygens (including phenoxy) is 1. The molecule has 0 aromatic carbocycles. The summed E-state index contributed by atoms with van der Waals surface area (Å²) in [5.74, 6) is 1.41. The van der Waals surface area contributed by atoms with E-state index in [1.54, 1.807) is 0 Å². The molecule has 0 aromatic rings. The first kappa shape index (κ1) is 10.6. The number of cyclic esters (lactones) is 1. The van der Waals surface area contributed by atoms with E-state index in [1.165, 1.54) is 0 Å². The molecule has 0 radical (unpaired) electrons. The molecule has 0 aliphatic carbocycles. The SMILES string of the molecule is CC(C)[C@H]1[C@@H](C(C)C)OC(=O)[C@@H]1C. The molecule has 0 bridgehead atoms. The summed E-state index contributed by atoms with van der Waals surface area (Å²) < 4.78 is 5.37. The number of hydrogen-bond donors (Lipinski definition) is 0. The van der Waals surface area contributed by atoms with Gasteiger partial charge in [0.2, 0.25) is 0 Å². The molecule has 1 heterocycles. The van der Waals surface area contributed by atoms with Crippen LogP contribution >= 0.6 is 0 Å². The summed E-state index contributed by atoms with van der Waals surface area (Å²) in [6, 6.07) is 0. The van der Waals surface area contributed by atoms with Gasteiger partial charge in [-0.05, 0) is 11.8 Å². The third-order valence-electron chi connectivity index (χ3n) is 3.01. The van der Waals surface area contributed by atoms with Gasteiger partial charge in [0, 0.05) is 5.92 Å². The molecule has 0 spiro atoms. The predicted molar refractivity (Wildman–Crippen MR) is 52.2 cm³/mol. The summed E-state index contributed by atoms with van der Waals surface area (Å²) in [5, 5.41) is 0. The molecule has 0 unspecified atom stereocenters. The van der Waals surface area contributed by atoms with Crippen LogP contribution in [0.3, 0.4) is 0 Å². The minimum absolute atomic E-state index is 0.0163. The monoisotopic (exact) mass is 184 g/mol. The van der Waals surface area contributed by atoms with Gasteiger partial charge >= 0.3 is 5.97 Å². The Morgan fingerprint density at radius 1 is 1.15 bits per heavy atom. The first-order valence-electron chi connectivity index (χ1n) is 5.15. The van der Waals surface area contributed by atoms with Crippen molar-refractivity contribution in [1.29, 1.82) is 0 Å². The quantitative estimate of drug-likeness (QED) is 0.616. The highest BCUT2D eigenvalue weighted by molar-refractivity contribution is 5.74. The van der Waals surface area contributed by atoms with E-state index < -0.39 is 0 Å². The molecule has 2 nitrogen and oxygen atoms in total. The van der Waals surface area contributed by atoms with Crippen molar-refractivity contribution in [3.05, 3.63) is 0 Å². The zero-order valence-corrected chi connectivity index (χ0v) is 9.20. The van der Waals surface area contributed by atoms with Crippen molar-refractivity contribution in [3.8, 4) is 0 Å². The van der Waals surface area contributed by atoms with Crippen LogP contribution < -0.4 is 0 Å². The maximum Gasteiger partial charge on any atom is 0.309 e. The van der Waals surface area contributed by atoms with Crippen LogP contribution in [-0.2, 0) is 9.53 Å². The topological polar surface area (TPSA) is 26.3 Å². The van der Waals surface area contributed by atoms with Gasteiger partial charge < -0.3 is 4.74 Å². The first-order valence-corrected chi connectivity index (χ1v) is 5.15. The molecule has 0 aromatic heterocycles. The summed E-state index contributed by atoms with van der Waals surface area (Å²) in [5.41, 5.74) is 0.